The van der Waals surface area contributed by atoms with Crippen LogP contribution in [0.3, 0.4) is 0 Å². The minimum atomic E-state index is 0.454. The van der Waals surface area contributed by atoms with Gasteiger partial charge in [0.05, 0.1) is 6.54 Å². The Morgan fingerprint density at radius 3 is 2.52 bits per heavy atom. The highest BCUT2D eigenvalue weighted by atomic mass is 16.5. The zero-order chi connectivity index (χ0) is 15.2. The number of ether oxygens (including phenoxy) is 1. The molecule has 108 valence electrons. The summed E-state index contributed by atoms with van der Waals surface area (Å²) < 4.78 is 5.71. The molecule has 1 aromatic heterocycles. The molecule has 0 radical (unpaired) electrons. The van der Waals surface area contributed by atoms with Gasteiger partial charge in [-0.3, -0.25) is 0 Å². The molecule has 1 heterocycles. The predicted octanol–water partition coefficient (Wildman–Crippen LogP) is 3.37. The molecule has 21 heavy (non-hydrogen) atoms. The molecule has 4 nitrogen and oxygen atoms in total. The predicted molar refractivity (Wildman–Crippen MR) is 83.6 cm³/mol. The van der Waals surface area contributed by atoms with E-state index in [2.05, 4.69) is 36.3 Å². The van der Waals surface area contributed by atoms with Crippen molar-refractivity contribution in [1.82, 2.24) is 4.98 Å². The third kappa shape index (κ3) is 4.22. The van der Waals surface area contributed by atoms with Gasteiger partial charge in [0.1, 0.15) is 29.9 Å². The van der Waals surface area contributed by atoms with Crippen molar-refractivity contribution in [3.8, 4) is 11.8 Å². The maximum Gasteiger partial charge on any atom is 0.145 e. The summed E-state index contributed by atoms with van der Waals surface area (Å²) in [4.78, 5) is 4.24. The highest BCUT2D eigenvalue weighted by Gasteiger charge is 2.01. The standard InChI is InChI=1S/C17H19N3O/c1-12-8-13(2)10-15(9-12)21-7-6-19-17-5-4-14(3)16(11-18)20-17/h4-5,8-10H,6-7H2,1-3H3,(H,19,20). The molecule has 0 aliphatic rings. The number of hydrogen-bond acceptors (Lipinski definition) is 4. The summed E-state index contributed by atoms with van der Waals surface area (Å²) in [6.45, 7) is 7.16. The van der Waals surface area contributed by atoms with Gasteiger partial charge in [-0.05, 0) is 55.7 Å². The smallest absolute Gasteiger partial charge is 0.145 e. The van der Waals surface area contributed by atoms with Crippen LogP contribution in [0.25, 0.3) is 0 Å². The van der Waals surface area contributed by atoms with Gasteiger partial charge >= 0.3 is 0 Å². The second kappa shape index (κ2) is 6.76. The van der Waals surface area contributed by atoms with Crippen LogP contribution in [-0.4, -0.2) is 18.1 Å². The summed E-state index contributed by atoms with van der Waals surface area (Å²) in [6.07, 6.45) is 0. The maximum atomic E-state index is 8.95. The van der Waals surface area contributed by atoms with E-state index in [0.717, 1.165) is 11.3 Å². The fraction of sp³-hybridized carbons (Fsp3) is 0.294. The molecule has 0 aliphatic carbocycles. The van der Waals surface area contributed by atoms with Crippen LogP contribution in [0.4, 0.5) is 5.82 Å². The molecule has 0 fully saturated rings. The SMILES string of the molecule is Cc1cc(C)cc(OCCNc2ccc(C)c(C#N)n2)c1. The average molecular weight is 281 g/mol. The maximum absolute atomic E-state index is 8.95. The average Bonchev–Trinajstić information content (AvgIpc) is 2.44. The van der Waals surface area contributed by atoms with Crippen LogP contribution < -0.4 is 10.1 Å². The Morgan fingerprint density at radius 2 is 1.86 bits per heavy atom. The van der Waals surface area contributed by atoms with E-state index in [0.29, 0.717) is 24.7 Å². The van der Waals surface area contributed by atoms with Gasteiger partial charge in [-0.1, -0.05) is 12.1 Å². The summed E-state index contributed by atoms with van der Waals surface area (Å²) >= 11 is 0. The highest BCUT2D eigenvalue weighted by molar-refractivity contribution is 5.42. The van der Waals surface area contributed by atoms with Crippen LogP contribution in [-0.2, 0) is 0 Å². The van der Waals surface area contributed by atoms with Crippen LogP contribution in [0.15, 0.2) is 30.3 Å². The number of rotatable bonds is 5. The Kier molecular flexibility index (Phi) is 4.78. The summed E-state index contributed by atoms with van der Waals surface area (Å²) in [5, 5.41) is 12.1. The number of aromatic nitrogens is 1. The van der Waals surface area contributed by atoms with Crippen LogP contribution in [0.1, 0.15) is 22.4 Å². The molecule has 0 saturated heterocycles. The largest absolute Gasteiger partial charge is 0.492 e. The molecule has 1 aromatic carbocycles. The van der Waals surface area contributed by atoms with Crippen molar-refractivity contribution < 1.29 is 4.74 Å². The molecule has 2 rings (SSSR count). The normalized spacial score (nSPS) is 10.0. The molecule has 0 amide bonds. The Hall–Kier alpha value is -2.54. The minimum absolute atomic E-state index is 0.454. The summed E-state index contributed by atoms with van der Waals surface area (Å²) in [5.74, 6) is 1.57. The Labute approximate surface area is 125 Å². The Balaban J connectivity index is 1.86. The summed E-state index contributed by atoms with van der Waals surface area (Å²) in [6, 6.07) is 12.0. The fourth-order valence-electron chi connectivity index (χ4n) is 2.10. The van der Waals surface area contributed by atoms with E-state index in [1.165, 1.54) is 11.1 Å². The first-order valence-corrected chi connectivity index (χ1v) is 6.91. The summed E-state index contributed by atoms with van der Waals surface area (Å²) in [5.41, 5.74) is 3.72. The highest BCUT2D eigenvalue weighted by Crippen LogP contribution is 2.16. The lowest BCUT2D eigenvalue weighted by atomic mass is 10.1. The Morgan fingerprint density at radius 1 is 1.14 bits per heavy atom. The van der Waals surface area contributed by atoms with Crippen molar-refractivity contribution >= 4 is 5.82 Å². The van der Waals surface area contributed by atoms with Gasteiger partial charge in [-0.25, -0.2) is 4.98 Å². The molecule has 2 aromatic rings. The van der Waals surface area contributed by atoms with Crippen molar-refractivity contribution in [3.05, 3.63) is 52.7 Å². The first-order chi connectivity index (χ1) is 10.1. The van der Waals surface area contributed by atoms with Gasteiger partial charge in [0.25, 0.3) is 0 Å². The van der Waals surface area contributed by atoms with Gasteiger partial charge in [0.2, 0.25) is 0 Å². The van der Waals surface area contributed by atoms with E-state index in [9.17, 15) is 0 Å². The molecule has 0 saturated carbocycles. The number of nitrogens with zero attached hydrogens (tertiary/aromatic N) is 2. The van der Waals surface area contributed by atoms with Crippen molar-refractivity contribution in [2.45, 2.75) is 20.8 Å². The molecule has 4 heteroatoms. The quantitative estimate of drug-likeness (QED) is 0.854. The van der Waals surface area contributed by atoms with Gasteiger partial charge in [0.15, 0.2) is 0 Å². The lowest BCUT2D eigenvalue weighted by molar-refractivity contribution is 0.332. The van der Waals surface area contributed by atoms with Crippen molar-refractivity contribution in [3.63, 3.8) is 0 Å². The second-order valence-corrected chi connectivity index (χ2v) is 5.07. The molecule has 0 aliphatic heterocycles. The minimum Gasteiger partial charge on any atom is -0.492 e. The number of hydrogen-bond donors (Lipinski definition) is 1. The lowest BCUT2D eigenvalue weighted by Crippen LogP contribution is -2.12. The number of anilines is 1. The first-order valence-electron chi connectivity index (χ1n) is 6.91. The molecular formula is C17H19N3O. The van der Waals surface area contributed by atoms with Crippen LogP contribution in [0, 0.1) is 32.1 Å². The molecule has 0 bridgehead atoms. The van der Waals surface area contributed by atoms with Gasteiger partial charge in [-0.15, -0.1) is 0 Å². The second-order valence-electron chi connectivity index (χ2n) is 5.07. The van der Waals surface area contributed by atoms with Crippen LogP contribution >= 0.6 is 0 Å². The van der Waals surface area contributed by atoms with Gasteiger partial charge in [0, 0.05) is 0 Å². The third-order valence-corrected chi connectivity index (χ3v) is 3.07. The van der Waals surface area contributed by atoms with Crippen molar-refractivity contribution in [2.24, 2.45) is 0 Å². The molecule has 0 spiro atoms. The van der Waals surface area contributed by atoms with E-state index in [-0.39, 0.29) is 0 Å². The molecule has 0 atom stereocenters. The topological polar surface area (TPSA) is 57.9 Å². The molecule has 1 N–H and O–H groups in total. The third-order valence-electron chi connectivity index (χ3n) is 3.07. The number of nitrogens with one attached hydrogen (secondary N) is 1. The summed E-state index contributed by atoms with van der Waals surface area (Å²) in [7, 11) is 0. The first kappa shape index (κ1) is 14.9. The Bertz CT molecular complexity index is 654. The van der Waals surface area contributed by atoms with E-state index < -0.39 is 0 Å². The van der Waals surface area contributed by atoms with Crippen molar-refractivity contribution in [1.29, 1.82) is 5.26 Å². The zero-order valence-corrected chi connectivity index (χ0v) is 12.6. The lowest BCUT2D eigenvalue weighted by Gasteiger charge is -2.10. The number of pyridine rings is 1. The van der Waals surface area contributed by atoms with Crippen LogP contribution in [0.5, 0.6) is 5.75 Å². The number of aryl methyl sites for hydroxylation is 3. The van der Waals surface area contributed by atoms with E-state index in [4.69, 9.17) is 10.00 Å². The monoisotopic (exact) mass is 281 g/mol. The van der Waals surface area contributed by atoms with E-state index in [1.807, 2.05) is 31.2 Å². The van der Waals surface area contributed by atoms with Gasteiger partial charge in [-0.2, -0.15) is 5.26 Å². The van der Waals surface area contributed by atoms with Crippen LogP contribution in [0.2, 0.25) is 0 Å². The van der Waals surface area contributed by atoms with E-state index >= 15 is 0 Å². The number of benzene rings is 1. The zero-order valence-electron chi connectivity index (χ0n) is 12.6. The molecule has 0 unspecified atom stereocenters. The number of nitriles is 1. The van der Waals surface area contributed by atoms with Gasteiger partial charge < -0.3 is 10.1 Å². The molecular weight excluding hydrogens is 262 g/mol. The van der Waals surface area contributed by atoms with E-state index in [1.54, 1.807) is 0 Å². The van der Waals surface area contributed by atoms with Crippen molar-refractivity contribution in [2.75, 3.05) is 18.5 Å². The fourth-order valence-corrected chi connectivity index (χ4v) is 2.10.